The van der Waals surface area contributed by atoms with Gasteiger partial charge in [0.2, 0.25) is 6.79 Å². The van der Waals surface area contributed by atoms with Crippen LogP contribution in [0.25, 0.3) is 0 Å². The van der Waals surface area contributed by atoms with E-state index in [0.717, 1.165) is 0 Å². The third kappa shape index (κ3) is 3.92. The molecule has 3 aromatic rings. The Morgan fingerprint density at radius 1 is 1.03 bits per heavy atom. The molecule has 0 atom stereocenters. The van der Waals surface area contributed by atoms with Gasteiger partial charge in [0.1, 0.15) is 11.5 Å². The van der Waals surface area contributed by atoms with Gasteiger partial charge in [-0.05, 0) is 30.3 Å². The molecule has 0 saturated heterocycles. The van der Waals surface area contributed by atoms with Crippen LogP contribution in [0.5, 0.6) is 23.0 Å². The first-order valence-electron chi connectivity index (χ1n) is 8.43. The minimum absolute atomic E-state index is 0.0604. The summed E-state index contributed by atoms with van der Waals surface area (Å²) in [5, 5.41) is 13.7. The van der Waals surface area contributed by atoms with Crippen molar-refractivity contribution in [3.05, 3.63) is 81.4 Å². The maximum atomic E-state index is 12.8. The summed E-state index contributed by atoms with van der Waals surface area (Å²) in [7, 11) is 0. The highest BCUT2D eigenvalue weighted by atomic mass is 35.5. The van der Waals surface area contributed by atoms with E-state index in [0.29, 0.717) is 17.2 Å². The van der Waals surface area contributed by atoms with Crippen LogP contribution in [0.1, 0.15) is 10.4 Å². The van der Waals surface area contributed by atoms with Crippen molar-refractivity contribution in [3.63, 3.8) is 0 Å². The number of carbonyl (C=O) groups excluding carboxylic acids is 1. The zero-order valence-corrected chi connectivity index (χ0v) is 15.5. The quantitative estimate of drug-likeness (QED) is 0.466. The van der Waals surface area contributed by atoms with Crippen molar-refractivity contribution in [1.29, 1.82) is 0 Å². The molecular weight excluding hydrogens is 400 g/mol. The molecule has 1 aliphatic rings. The summed E-state index contributed by atoms with van der Waals surface area (Å²) < 4.78 is 16.3. The van der Waals surface area contributed by atoms with Crippen LogP contribution in [-0.4, -0.2) is 17.6 Å². The Labute approximate surface area is 169 Å². The Kier molecular flexibility index (Phi) is 4.92. The topological polar surface area (TPSA) is 99.9 Å². The Balaban J connectivity index is 1.56. The van der Waals surface area contributed by atoms with Crippen molar-refractivity contribution in [3.8, 4) is 23.0 Å². The van der Waals surface area contributed by atoms with Crippen molar-refractivity contribution in [2.45, 2.75) is 0 Å². The molecule has 0 radical (unpaired) electrons. The number of nitro benzene ring substituents is 1. The number of ether oxygens (including phenoxy) is 3. The van der Waals surface area contributed by atoms with Gasteiger partial charge in [0.05, 0.1) is 15.5 Å². The number of benzene rings is 3. The second-order valence-electron chi connectivity index (χ2n) is 5.99. The molecule has 3 aromatic carbocycles. The van der Waals surface area contributed by atoms with Crippen molar-refractivity contribution in [1.82, 2.24) is 0 Å². The summed E-state index contributed by atoms with van der Waals surface area (Å²) >= 11 is 6.08. The number of non-ortho nitro benzene ring substituents is 1. The van der Waals surface area contributed by atoms with Gasteiger partial charge in [0.25, 0.3) is 11.6 Å². The fourth-order valence-corrected chi connectivity index (χ4v) is 2.93. The van der Waals surface area contributed by atoms with E-state index in [1.165, 1.54) is 18.2 Å². The minimum atomic E-state index is -0.553. The summed E-state index contributed by atoms with van der Waals surface area (Å²) in [5.41, 5.74) is 0.637. The number of hydrogen-bond acceptors (Lipinski definition) is 6. The Bertz CT molecular complexity index is 1120. The highest BCUT2D eigenvalue weighted by Crippen LogP contribution is 2.36. The molecule has 0 spiro atoms. The average Bonchev–Trinajstić information content (AvgIpc) is 3.17. The van der Waals surface area contributed by atoms with Crippen LogP contribution in [0.15, 0.2) is 60.7 Å². The highest BCUT2D eigenvalue weighted by Gasteiger charge is 2.18. The number of nitro groups is 1. The van der Waals surface area contributed by atoms with Gasteiger partial charge in [-0.15, -0.1) is 0 Å². The first kappa shape index (κ1) is 18.6. The maximum Gasteiger partial charge on any atom is 0.271 e. The lowest BCUT2D eigenvalue weighted by Gasteiger charge is -2.12. The van der Waals surface area contributed by atoms with Crippen LogP contribution in [-0.2, 0) is 0 Å². The molecule has 1 N–H and O–H groups in total. The molecule has 4 rings (SSSR count). The van der Waals surface area contributed by atoms with Crippen LogP contribution in [0, 0.1) is 10.1 Å². The van der Waals surface area contributed by atoms with E-state index >= 15 is 0 Å². The Morgan fingerprint density at radius 3 is 2.62 bits per heavy atom. The zero-order valence-electron chi connectivity index (χ0n) is 14.8. The monoisotopic (exact) mass is 412 g/mol. The number of fused-ring (bicyclic) bond motifs is 1. The largest absolute Gasteiger partial charge is 0.455 e. The standard InChI is InChI=1S/C20H13ClN2O6/c21-15-10-13(23(25)26)6-8-17(15)29-16-4-2-1-3-14(16)20(24)22-12-5-7-18-19(9-12)28-11-27-18/h1-10H,11H2,(H,22,24). The van der Waals surface area contributed by atoms with Crippen molar-refractivity contribution in [2.75, 3.05) is 12.1 Å². The van der Waals surface area contributed by atoms with E-state index < -0.39 is 10.8 Å². The third-order valence-electron chi connectivity index (χ3n) is 4.11. The second-order valence-corrected chi connectivity index (χ2v) is 6.40. The molecule has 0 aliphatic carbocycles. The summed E-state index contributed by atoms with van der Waals surface area (Å²) in [4.78, 5) is 23.1. The molecule has 1 aliphatic heterocycles. The number of nitrogens with zero attached hydrogens (tertiary/aromatic N) is 1. The lowest BCUT2D eigenvalue weighted by Crippen LogP contribution is -2.13. The van der Waals surface area contributed by atoms with Crippen LogP contribution >= 0.6 is 11.6 Å². The van der Waals surface area contributed by atoms with Crippen LogP contribution in [0.2, 0.25) is 5.02 Å². The maximum absolute atomic E-state index is 12.8. The Hall–Kier alpha value is -3.78. The summed E-state index contributed by atoms with van der Waals surface area (Å²) in [5.74, 6) is 1.20. The third-order valence-corrected chi connectivity index (χ3v) is 4.40. The fourth-order valence-electron chi connectivity index (χ4n) is 2.72. The SMILES string of the molecule is O=C(Nc1ccc2c(c1)OCO2)c1ccccc1Oc1ccc([N+](=O)[O-])cc1Cl. The lowest BCUT2D eigenvalue weighted by molar-refractivity contribution is -0.384. The number of rotatable bonds is 5. The van der Waals surface area contributed by atoms with Gasteiger partial charge in [0, 0.05) is 23.9 Å². The van der Waals surface area contributed by atoms with Crippen LogP contribution in [0.4, 0.5) is 11.4 Å². The Morgan fingerprint density at radius 2 is 1.83 bits per heavy atom. The number of halogens is 1. The smallest absolute Gasteiger partial charge is 0.271 e. The van der Waals surface area contributed by atoms with Gasteiger partial charge < -0.3 is 19.5 Å². The number of amides is 1. The van der Waals surface area contributed by atoms with Gasteiger partial charge in [-0.2, -0.15) is 0 Å². The number of nitrogens with one attached hydrogen (secondary N) is 1. The second kappa shape index (κ2) is 7.69. The van der Waals surface area contributed by atoms with E-state index in [2.05, 4.69) is 5.32 Å². The molecule has 0 aromatic heterocycles. The number of carbonyl (C=O) groups is 1. The number of para-hydroxylation sites is 1. The van der Waals surface area contributed by atoms with Crippen LogP contribution in [0.3, 0.4) is 0 Å². The van der Waals surface area contributed by atoms with Crippen molar-refractivity contribution in [2.24, 2.45) is 0 Å². The summed E-state index contributed by atoms with van der Waals surface area (Å²) in [6, 6.07) is 15.5. The summed E-state index contributed by atoms with van der Waals surface area (Å²) in [6.45, 7) is 0.138. The molecule has 0 fully saturated rings. The first-order valence-corrected chi connectivity index (χ1v) is 8.81. The lowest BCUT2D eigenvalue weighted by atomic mass is 10.1. The molecule has 0 saturated carbocycles. The van der Waals surface area contributed by atoms with E-state index in [9.17, 15) is 14.9 Å². The molecule has 146 valence electrons. The van der Waals surface area contributed by atoms with Gasteiger partial charge in [0.15, 0.2) is 11.5 Å². The normalized spacial score (nSPS) is 11.8. The van der Waals surface area contributed by atoms with Gasteiger partial charge in [-0.1, -0.05) is 23.7 Å². The van der Waals surface area contributed by atoms with Gasteiger partial charge >= 0.3 is 0 Å². The number of hydrogen-bond donors (Lipinski definition) is 1. The summed E-state index contributed by atoms with van der Waals surface area (Å²) in [6.07, 6.45) is 0. The molecule has 0 unspecified atom stereocenters. The van der Waals surface area contributed by atoms with E-state index in [4.69, 9.17) is 25.8 Å². The van der Waals surface area contributed by atoms with E-state index in [-0.39, 0.29) is 34.6 Å². The average molecular weight is 413 g/mol. The number of anilines is 1. The predicted molar refractivity (Wildman–Crippen MR) is 105 cm³/mol. The molecule has 9 heteroatoms. The van der Waals surface area contributed by atoms with Crippen molar-refractivity contribution >= 4 is 28.9 Å². The molecule has 29 heavy (non-hydrogen) atoms. The predicted octanol–water partition coefficient (Wildman–Crippen LogP) is 5.02. The van der Waals surface area contributed by atoms with E-state index in [1.807, 2.05) is 0 Å². The zero-order chi connectivity index (χ0) is 20.4. The molecule has 8 nitrogen and oxygen atoms in total. The fraction of sp³-hybridized carbons (Fsp3) is 0.0500. The van der Waals surface area contributed by atoms with Gasteiger partial charge in [-0.3, -0.25) is 14.9 Å². The van der Waals surface area contributed by atoms with Crippen molar-refractivity contribution < 1.29 is 23.9 Å². The van der Waals surface area contributed by atoms with Crippen LogP contribution < -0.4 is 19.5 Å². The van der Waals surface area contributed by atoms with Gasteiger partial charge in [-0.25, -0.2) is 0 Å². The molecule has 0 bridgehead atoms. The highest BCUT2D eigenvalue weighted by molar-refractivity contribution is 6.32. The molecule has 1 amide bonds. The minimum Gasteiger partial charge on any atom is -0.455 e. The first-order chi connectivity index (χ1) is 14.0. The van der Waals surface area contributed by atoms with E-state index in [1.54, 1.807) is 42.5 Å². The molecular formula is C20H13ClN2O6. The molecule has 1 heterocycles.